The summed E-state index contributed by atoms with van der Waals surface area (Å²) in [5.74, 6) is 3.42. The molecule has 2 atom stereocenters. The van der Waals surface area contributed by atoms with Gasteiger partial charge in [-0.05, 0) is 24.3 Å². The van der Waals surface area contributed by atoms with Crippen molar-refractivity contribution in [3.8, 4) is 0 Å². The predicted octanol–water partition coefficient (Wildman–Crippen LogP) is 2.06. The molecule has 4 heteroatoms. The van der Waals surface area contributed by atoms with Gasteiger partial charge in [0.25, 0.3) is 0 Å². The lowest BCUT2D eigenvalue weighted by Gasteiger charge is -2.20. The molecule has 0 aromatic carbocycles. The largest absolute Gasteiger partial charge is 0.468 e. The van der Waals surface area contributed by atoms with Gasteiger partial charge in [0, 0.05) is 18.9 Å². The molecule has 15 heavy (non-hydrogen) atoms. The minimum Gasteiger partial charge on any atom is -0.468 e. The first-order chi connectivity index (χ1) is 7.40. The molecular weight excluding hydrogens is 210 g/mol. The lowest BCUT2D eigenvalue weighted by atomic mass is 10.2. The van der Waals surface area contributed by atoms with Crippen molar-refractivity contribution in [3.63, 3.8) is 0 Å². The van der Waals surface area contributed by atoms with Gasteiger partial charge >= 0.3 is 0 Å². The highest BCUT2D eigenvalue weighted by Gasteiger charge is 2.21. The van der Waals surface area contributed by atoms with Crippen LogP contribution in [0.4, 0.5) is 0 Å². The lowest BCUT2D eigenvalue weighted by molar-refractivity contribution is 0.152. The number of hydrogen-bond acceptors (Lipinski definition) is 4. The molecule has 2 unspecified atom stereocenters. The summed E-state index contributed by atoms with van der Waals surface area (Å²) in [5.41, 5.74) is 0. The Bertz CT molecular complexity index is 270. The van der Waals surface area contributed by atoms with Gasteiger partial charge in [0.2, 0.25) is 0 Å². The Morgan fingerprint density at radius 1 is 1.73 bits per heavy atom. The van der Waals surface area contributed by atoms with Crippen molar-refractivity contribution < 1.29 is 9.15 Å². The topological polar surface area (TPSA) is 34.4 Å². The summed E-state index contributed by atoms with van der Waals surface area (Å²) in [5, 5.41) is 3.58. The van der Waals surface area contributed by atoms with Crippen LogP contribution < -0.4 is 5.32 Å². The van der Waals surface area contributed by atoms with E-state index in [-0.39, 0.29) is 6.04 Å². The maximum absolute atomic E-state index is 5.41. The molecule has 0 radical (unpaired) electrons. The van der Waals surface area contributed by atoms with Gasteiger partial charge in [-0.25, -0.2) is 0 Å². The van der Waals surface area contributed by atoms with Gasteiger partial charge in [0.1, 0.15) is 5.76 Å². The Kier molecular flexibility index (Phi) is 4.11. The van der Waals surface area contributed by atoms with Crippen LogP contribution in [0, 0.1) is 0 Å². The van der Waals surface area contributed by atoms with Gasteiger partial charge in [0.05, 0.1) is 18.9 Å². The molecular formula is C11H17NO2S. The highest BCUT2D eigenvalue weighted by Crippen LogP contribution is 2.21. The van der Waals surface area contributed by atoms with Gasteiger partial charge in [-0.3, -0.25) is 0 Å². The van der Waals surface area contributed by atoms with Crippen LogP contribution in [0.1, 0.15) is 18.2 Å². The molecule has 3 nitrogen and oxygen atoms in total. The van der Waals surface area contributed by atoms with E-state index in [4.69, 9.17) is 9.15 Å². The zero-order chi connectivity index (χ0) is 10.5. The molecule has 1 aromatic rings. The van der Waals surface area contributed by atoms with E-state index in [9.17, 15) is 0 Å². The van der Waals surface area contributed by atoms with Crippen molar-refractivity contribution in [1.82, 2.24) is 5.32 Å². The standard InChI is InChI=1S/C11H17NO2S/c1-13-7-10(11-3-2-5-14-11)12-9-4-6-15-8-9/h2-3,5,9-10,12H,4,6-8H2,1H3. The van der Waals surface area contributed by atoms with Crippen LogP contribution >= 0.6 is 11.8 Å². The van der Waals surface area contributed by atoms with Crippen LogP contribution in [0.25, 0.3) is 0 Å². The van der Waals surface area contributed by atoms with E-state index >= 15 is 0 Å². The van der Waals surface area contributed by atoms with Gasteiger partial charge < -0.3 is 14.5 Å². The van der Waals surface area contributed by atoms with Crippen LogP contribution in [0.2, 0.25) is 0 Å². The second-order valence-electron chi connectivity index (χ2n) is 3.75. The SMILES string of the molecule is COCC(NC1CCSC1)c1ccco1. The molecule has 1 saturated heterocycles. The summed E-state index contributed by atoms with van der Waals surface area (Å²) in [4.78, 5) is 0. The summed E-state index contributed by atoms with van der Waals surface area (Å²) in [6.07, 6.45) is 2.95. The van der Waals surface area contributed by atoms with Gasteiger partial charge in [-0.2, -0.15) is 11.8 Å². The zero-order valence-electron chi connectivity index (χ0n) is 8.94. The maximum Gasteiger partial charge on any atom is 0.123 e. The lowest BCUT2D eigenvalue weighted by Crippen LogP contribution is -2.34. The molecule has 1 fully saturated rings. The summed E-state index contributed by atoms with van der Waals surface area (Å²) in [7, 11) is 1.72. The molecule has 1 aromatic heterocycles. The van der Waals surface area contributed by atoms with Crippen molar-refractivity contribution in [2.24, 2.45) is 0 Å². The second kappa shape index (κ2) is 5.58. The highest BCUT2D eigenvalue weighted by atomic mass is 32.2. The van der Waals surface area contributed by atoms with Crippen LogP contribution in [0.3, 0.4) is 0 Å². The molecule has 0 bridgehead atoms. The number of methoxy groups -OCH3 is 1. The van der Waals surface area contributed by atoms with Crippen molar-refractivity contribution in [2.45, 2.75) is 18.5 Å². The normalized spacial score (nSPS) is 23.1. The number of thioether (sulfide) groups is 1. The van der Waals surface area contributed by atoms with Gasteiger partial charge in [-0.1, -0.05) is 0 Å². The van der Waals surface area contributed by atoms with E-state index in [1.54, 1.807) is 13.4 Å². The minimum absolute atomic E-state index is 0.189. The quantitative estimate of drug-likeness (QED) is 0.835. The Balaban J connectivity index is 1.93. The van der Waals surface area contributed by atoms with Crippen molar-refractivity contribution in [3.05, 3.63) is 24.2 Å². The van der Waals surface area contributed by atoms with Crippen molar-refractivity contribution in [2.75, 3.05) is 25.2 Å². The fraction of sp³-hybridized carbons (Fsp3) is 0.636. The third kappa shape index (κ3) is 3.00. The Hall–Kier alpha value is -0.450. The van der Waals surface area contributed by atoms with Crippen molar-refractivity contribution in [1.29, 1.82) is 0 Å². The molecule has 1 aliphatic rings. The summed E-state index contributed by atoms with van der Waals surface area (Å²) < 4.78 is 10.6. The molecule has 1 aliphatic heterocycles. The maximum atomic E-state index is 5.41. The molecule has 2 rings (SSSR count). The number of hydrogen-bond donors (Lipinski definition) is 1. The zero-order valence-corrected chi connectivity index (χ0v) is 9.76. The van der Waals surface area contributed by atoms with E-state index in [0.717, 1.165) is 5.76 Å². The van der Waals surface area contributed by atoms with Crippen LogP contribution in [0.5, 0.6) is 0 Å². The molecule has 0 aliphatic carbocycles. The third-order valence-corrected chi connectivity index (χ3v) is 3.75. The predicted molar refractivity (Wildman–Crippen MR) is 62.2 cm³/mol. The fourth-order valence-corrected chi connectivity index (χ4v) is 2.98. The summed E-state index contributed by atoms with van der Waals surface area (Å²) in [6.45, 7) is 0.661. The first kappa shape index (κ1) is 11.0. The summed E-state index contributed by atoms with van der Waals surface area (Å²) in [6, 6.07) is 4.70. The van der Waals surface area contributed by atoms with E-state index in [1.807, 2.05) is 23.9 Å². The number of nitrogens with one attached hydrogen (secondary N) is 1. The van der Waals surface area contributed by atoms with Crippen LogP contribution in [-0.4, -0.2) is 31.3 Å². The third-order valence-electron chi connectivity index (χ3n) is 2.59. The number of furan rings is 1. The van der Waals surface area contributed by atoms with Crippen molar-refractivity contribution >= 4 is 11.8 Å². The van der Waals surface area contributed by atoms with E-state index in [2.05, 4.69) is 5.32 Å². The van der Waals surface area contributed by atoms with Gasteiger partial charge in [-0.15, -0.1) is 0 Å². The summed E-state index contributed by atoms with van der Waals surface area (Å²) >= 11 is 2.01. The first-order valence-corrected chi connectivity index (χ1v) is 6.41. The molecule has 0 spiro atoms. The highest BCUT2D eigenvalue weighted by molar-refractivity contribution is 7.99. The molecule has 84 valence electrons. The average Bonchev–Trinajstić information content (AvgIpc) is 2.89. The molecule has 0 saturated carbocycles. The van der Waals surface area contributed by atoms with Crippen LogP contribution in [-0.2, 0) is 4.74 Å². The Labute approximate surface area is 94.6 Å². The smallest absolute Gasteiger partial charge is 0.123 e. The second-order valence-corrected chi connectivity index (χ2v) is 4.90. The monoisotopic (exact) mass is 227 g/mol. The Morgan fingerprint density at radius 3 is 3.27 bits per heavy atom. The van der Waals surface area contributed by atoms with Gasteiger partial charge in [0.15, 0.2) is 0 Å². The molecule has 1 N–H and O–H groups in total. The number of rotatable bonds is 5. The van der Waals surface area contributed by atoms with E-state index in [1.165, 1.54) is 17.9 Å². The Morgan fingerprint density at radius 2 is 2.67 bits per heavy atom. The fourth-order valence-electron chi connectivity index (χ4n) is 1.82. The molecule has 2 heterocycles. The van der Waals surface area contributed by atoms with E-state index in [0.29, 0.717) is 12.6 Å². The minimum atomic E-state index is 0.189. The first-order valence-electron chi connectivity index (χ1n) is 5.26. The van der Waals surface area contributed by atoms with Crippen LogP contribution in [0.15, 0.2) is 22.8 Å². The average molecular weight is 227 g/mol. The molecule has 0 amide bonds. The van der Waals surface area contributed by atoms with E-state index < -0.39 is 0 Å². The number of ether oxygens (including phenoxy) is 1.